The molecule has 3 aromatic rings. The molecule has 1 saturated heterocycles. The molecule has 29 heavy (non-hydrogen) atoms. The lowest BCUT2D eigenvalue weighted by molar-refractivity contribution is 0.0351. The third-order valence-electron chi connectivity index (χ3n) is 6.76. The first-order valence-electron chi connectivity index (χ1n) is 10.2. The summed E-state index contributed by atoms with van der Waals surface area (Å²) in [6.45, 7) is 3.44. The monoisotopic (exact) mass is 410 g/mol. The summed E-state index contributed by atoms with van der Waals surface area (Å²) in [4.78, 5) is 11.4. The fourth-order valence-electron chi connectivity index (χ4n) is 4.38. The van der Waals surface area contributed by atoms with Gasteiger partial charge in [-0.3, -0.25) is 4.68 Å². The molecule has 2 aliphatic carbocycles. The first-order chi connectivity index (χ1) is 13.9. The molecule has 6 rings (SSSR count). The van der Waals surface area contributed by atoms with Gasteiger partial charge in [0.2, 0.25) is 5.95 Å². The summed E-state index contributed by atoms with van der Waals surface area (Å²) < 4.78 is 2.09. The van der Waals surface area contributed by atoms with Gasteiger partial charge in [-0.25, -0.2) is 9.97 Å². The minimum Gasteiger partial charge on any atom is -0.390 e. The van der Waals surface area contributed by atoms with Gasteiger partial charge in [0.05, 0.1) is 39.3 Å². The van der Waals surface area contributed by atoms with E-state index >= 15 is 0 Å². The standard InChI is InChI=1S/C21H23ClN6O/c1-20(29)2-4-27(5-3-20)18-7-17-13(6-16(18)22)10-23-19(26-17)25-15-11-24-28(12-15)21-8-14(21)9-21/h6-7,10-12,14,29H,2-5,8-9H2,1H3,(H,23,25,26). The van der Waals surface area contributed by atoms with Crippen molar-refractivity contribution in [2.75, 3.05) is 23.3 Å². The highest BCUT2D eigenvalue weighted by Gasteiger charge is 2.72. The van der Waals surface area contributed by atoms with E-state index < -0.39 is 5.60 Å². The number of benzene rings is 1. The second kappa shape index (κ2) is 5.83. The number of aliphatic hydroxyl groups is 1. The van der Waals surface area contributed by atoms with Crippen molar-refractivity contribution in [3.8, 4) is 0 Å². The van der Waals surface area contributed by atoms with Crippen LogP contribution in [0.25, 0.3) is 10.9 Å². The molecule has 3 fully saturated rings. The number of nitrogens with zero attached hydrogens (tertiary/aromatic N) is 5. The number of hydrogen-bond donors (Lipinski definition) is 2. The van der Waals surface area contributed by atoms with Crippen molar-refractivity contribution in [1.29, 1.82) is 0 Å². The lowest BCUT2D eigenvalue weighted by Crippen LogP contribution is -2.42. The van der Waals surface area contributed by atoms with Crippen molar-refractivity contribution in [2.24, 2.45) is 5.92 Å². The Labute approximate surface area is 173 Å². The summed E-state index contributed by atoms with van der Waals surface area (Å²) in [7, 11) is 0. The minimum absolute atomic E-state index is 0.328. The number of anilines is 3. The number of piperidine rings is 1. The quantitative estimate of drug-likeness (QED) is 0.682. The molecule has 0 unspecified atom stereocenters. The zero-order chi connectivity index (χ0) is 19.8. The van der Waals surface area contributed by atoms with Gasteiger partial charge in [-0.2, -0.15) is 5.10 Å². The van der Waals surface area contributed by atoms with E-state index in [-0.39, 0.29) is 0 Å². The van der Waals surface area contributed by atoms with Gasteiger partial charge in [-0.1, -0.05) is 11.6 Å². The molecule has 3 heterocycles. The highest BCUT2D eigenvalue weighted by atomic mass is 35.5. The normalized spacial score (nSPS) is 27.0. The molecule has 7 nitrogen and oxygen atoms in total. The van der Waals surface area contributed by atoms with Crippen molar-refractivity contribution in [1.82, 2.24) is 19.7 Å². The van der Waals surface area contributed by atoms with Crippen LogP contribution in [0.3, 0.4) is 0 Å². The van der Waals surface area contributed by atoms with E-state index in [2.05, 4.69) is 25.0 Å². The summed E-state index contributed by atoms with van der Waals surface area (Å²) >= 11 is 6.55. The molecule has 2 aromatic heterocycles. The molecule has 8 heteroatoms. The number of aromatic nitrogens is 4. The number of nitrogens with one attached hydrogen (secondary N) is 1. The highest BCUT2D eigenvalue weighted by Crippen LogP contribution is 2.72. The summed E-state index contributed by atoms with van der Waals surface area (Å²) in [6.07, 6.45) is 9.65. The summed E-state index contributed by atoms with van der Waals surface area (Å²) in [5.74, 6) is 1.39. The van der Waals surface area contributed by atoms with Gasteiger partial charge in [-0.15, -0.1) is 0 Å². The lowest BCUT2D eigenvalue weighted by Gasteiger charge is -2.37. The second-order valence-corrected chi connectivity index (χ2v) is 9.45. The van der Waals surface area contributed by atoms with Crippen LogP contribution < -0.4 is 10.2 Å². The van der Waals surface area contributed by atoms with Crippen molar-refractivity contribution >= 4 is 39.8 Å². The molecular formula is C21H23ClN6O. The second-order valence-electron chi connectivity index (χ2n) is 9.05. The largest absolute Gasteiger partial charge is 0.390 e. The zero-order valence-corrected chi connectivity index (χ0v) is 17.0. The number of rotatable bonds is 4. The smallest absolute Gasteiger partial charge is 0.227 e. The van der Waals surface area contributed by atoms with Crippen LogP contribution in [-0.2, 0) is 5.54 Å². The van der Waals surface area contributed by atoms with Crippen molar-refractivity contribution in [3.05, 3.63) is 35.7 Å². The van der Waals surface area contributed by atoms with E-state index in [1.807, 2.05) is 31.5 Å². The van der Waals surface area contributed by atoms with E-state index in [9.17, 15) is 5.11 Å². The van der Waals surface area contributed by atoms with Gasteiger partial charge in [-0.05, 0) is 50.7 Å². The topological polar surface area (TPSA) is 79.1 Å². The van der Waals surface area contributed by atoms with Crippen LogP contribution in [0, 0.1) is 5.92 Å². The maximum absolute atomic E-state index is 10.2. The Morgan fingerprint density at radius 3 is 2.69 bits per heavy atom. The Morgan fingerprint density at radius 1 is 1.21 bits per heavy atom. The van der Waals surface area contributed by atoms with Gasteiger partial charge >= 0.3 is 0 Å². The maximum Gasteiger partial charge on any atom is 0.227 e. The Morgan fingerprint density at radius 2 is 1.97 bits per heavy atom. The Hall–Kier alpha value is -2.38. The number of hydrogen-bond acceptors (Lipinski definition) is 6. The van der Waals surface area contributed by atoms with Gasteiger partial charge in [0.15, 0.2) is 0 Å². The van der Waals surface area contributed by atoms with Gasteiger partial charge < -0.3 is 15.3 Å². The molecule has 0 bridgehead atoms. The van der Waals surface area contributed by atoms with Gasteiger partial charge in [0.1, 0.15) is 0 Å². The van der Waals surface area contributed by atoms with Crippen LogP contribution in [0.5, 0.6) is 0 Å². The minimum atomic E-state index is -0.593. The van der Waals surface area contributed by atoms with Crippen LogP contribution in [0.15, 0.2) is 30.7 Å². The highest BCUT2D eigenvalue weighted by molar-refractivity contribution is 6.34. The molecule has 0 atom stereocenters. The van der Waals surface area contributed by atoms with E-state index in [1.165, 1.54) is 12.8 Å². The van der Waals surface area contributed by atoms with E-state index in [0.29, 0.717) is 16.5 Å². The predicted molar refractivity (Wildman–Crippen MR) is 113 cm³/mol. The van der Waals surface area contributed by atoms with Crippen LogP contribution in [-0.4, -0.2) is 43.5 Å². The Kier molecular flexibility index (Phi) is 3.51. The molecular weight excluding hydrogens is 388 g/mol. The molecule has 1 aromatic carbocycles. The van der Waals surface area contributed by atoms with E-state index in [1.54, 1.807) is 6.20 Å². The molecule has 0 spiro atoms. The number of halogens is 1. The third-order valence-corrected chi connectivity index (χ3v) is 7.07. The van der Waals surface area contributed by atoms with E-state index in [0.717, 1.165) is 54.1 Å². The molecule has 0 amide bonds. The van der Waals surface area contributed by atoms with E-state index in [4.69, 9.17) is 16.6 Å². The van der Waals surface area contributed by atoms with Crippen LogP contribution in [0.1, 0.15) is 32.6 Å². The first-order valence-corrected chi connectivity index (χ1v) is 10.6. The Balaban J connectivity index is 1.26. The van der Waals surface area contributed by atoms with Crippen LogP contribution in [0.4, 0.5) is 17.3 Å². The molecule has 3 aliphatic rings. The van der Waals surface area contributed by atoms with Crippen LogP contribution >= 0.6 is 11.6 Å². The molecule has 0 radical (unpaired) electrons. The lowest BCUT2D eigenvalue weighted by atomic mass is 9.93. The van der Waals surface area contributed by atoms with Crippen molar-refractivity contribution < 1.29 is 5.11 Å². The average Bonchev–Trinajstić information content (AvgIpc) is 3.51. The molecule has 1 aliphatic heterocycles. The van der Waals surface area contributed by atoms with Gasteiger partial charge in [0, 0.05) is 30.9 Å². The van der Waals surface area contributed by atoms with Crippen molar-refractivity contribution in [2.45, 2.75) is 43.7 Å². The van der Waals surface area contributed by atoms with Gasteiger partial charge in [0.25, 0.3) is 0 Å². The fraction of sp³-hybridized carbons (Fsp3) is 0.476. The maximum atomic E-state index is 10.2. The van der Waals surface area contributed by atoms with Crippen LogP contribution in [0.2, 0.25) is 5.02 Å². The average molecular weight is 411 g/mol. The summed E-state index contributed by atoms with van der Waals surface area (Å²) in [6, 6.07) is 3.94. The third kappa shape index (κ3) is 2.95. The van der Waals surface area contributed by atoms with Crippen molar-refractivity contribution in [3.63, 3.8) is 0 Å². The predicted octanol–water partition coefficient (Wildman–Crippen LogP) is 3.69. The summed E-state index contributed by atoms with van der Waals surface area (Å²) in [5.41, 5.74) is 2.44. The number of fused-ring (bicyclic) bond motifs is 2. The Bertz CT molecular complexity index is 1110. The fourth-order valence-corrected chi connectivity index (χ4v) is 4.67. The zero-order valence-electron chi connectivity index (χ0n) is 16.3. The summed E-state index contributed by atoms with van der Waals surface area (Å²) in [5, 5.41) is 19.6. The molecule has 2 saturated carbocycles. The first kappa shape index (κ1) is 17.5. The molecule has 2 N–H and O–H groups in total. The SMILES string of the molecule is CC1(O)CCN(c2cc3nc(Nc4cnn(C56CC5C6)c4)ncc3cc2Cl)CC1. The molecule has 150 valence electrons.